The Morgan fingerprint density at radius 3 is 2.50 bits per heavy atom. The summed E-state index contributed by atoms with van der Waals surface area (Å²) in [4.78, 5) is 0. The topological polar surface area (TPSA) is 20.2 Å². The van der Waals surface area contributed by atoms with Gasteiger partial charge in [0.1, 0.15) is 0 Å². The van der Waals surface area contributed by atoms with E-state index < -0.39 is 0 Å². The molecule has 1 nitrogen and oxygen atoms in total. The van der Waals surface area contributed by atoms with Gasteiger partial charge in [0.05, 0.1) is 6.10 Å². The minimum atomic E-state index is -0.0870. The molecule has 0 aromatic rings. The summed E-state index contributed by atoms with van der Waals surface area (Å²) >= 11 is 0. The largest absolute Gasteiger partial charge is 0.393 e. The predicted molar refractivity (Wildman–Crippen MR) is 128 cm³/mol. The molecule has 0 aromatic carbocycles. The first kappa shape index (κ1) is 22.6. The maximum Gasteiger partial charge on any atom is 0.0577 e. The summed E-state index contributed by atoms with van der Waals surface area (Å²) in [6.45, 7) is 14.8. The Morgan fingerprint density at radius 1 is 1.03 bits per heavy atom. The van der Waals surface area contributed by atoms with Crippen LogP contribution in [0.4, 0.5) is 0 Å². The Bertz CT molecular complexity index is 674. The first-order valence-electron chi connectivity index (χ1n) is 13.3. The van der Waals surface area contributed by atoms with Crippen molar-refractivity contribution in [2.75, 3.05) is 0 Å². The van der Waals surface area contributed by atoms with Crippen molar-refractivity contribution < 1.29 is 5.11 Å². The number of allylic oxidation sites excluding steroid dienone is 3. The Hall–Kier alpha value is -0.560. The number of rotatable bonds is 5. The molecule has 4 aliphatic rings. The summed E-state index contributed by atoms with van der Waals surface area (Å²) in [7, 11) is 0. The van der Waals surface area contributed by atoms with E-state index in [-0.39, 0.29) is 6.10 Å². The normalized spacial score (nSPS) is 45.6. The molecule has 4 rings (SSSR count). The van der Waals surface area contributed by atoms with Gasteiger partial charge in [0.25, 0.3) is 0 Å². The second kappa shape index (κ2) is 8.42. The highest BCUT2D eigenvalue weighted by Crippen LogP contribution is 2.67. The zero-order chi connectivity index (χ0) is 21.7. The average Bonchev–Trinajstić information content (AvgIpc) is 3.06. The van der Waals surface area contributed by atoms with E-state index in [4.69, 9.17) is 0 Å². The second-order valence-electron chi connectivity index (χ2n) is 12.4. The lowest BCUT2D eigenvalue weighted by Gasteiger charge is -2.58. The molecule has 0 spiro atoms. The number of fused-ring (bicyclic) bond motifs is 5. The van der Waals surface area contributed by atoms with E-state index in [2.05, 4.69) is 59.8 Å². The molecule has 0 bridgehead atoms. The summed E-state index contributed by atoms with van der Waals surface area (Å²) in [5.41, 5.74) is 2.51. The van der Waals surface area contributed by atoms with Crippen LogP contribution < -0.4 is 0 Å². The molecular weight excluding hydrogens is 364 g/mol. The van der Waals surface area contributed by atoms with E-state index in [0.717, 1.165) is 48.3 Å². The van der Waals surface area contributed by atoms with Gasteiger partial charge >= 0.3 is 0 Å². The van der Waals surface area contributed by atoms with E-state index >= 15 is 0 Å². The highest BCUT2D eigenvalue weighted by Gasteiger charge is 2.58. The molecule has 1 unspecified atom stereocenters. The first-order valence-corrected chi connectivity index (χ1v) is 13.3. The second-order valence-corrected chi connectivity index (χ2v) is 12.4. The SMILES string of the molecule is CC[C@H](/C=C/[C@@H](C)[C@H]1CC[C@H]2[C@@H]3CC=C4C[C@@H](O)CC[C@]4(C)C3CC[C@]12C)C(C)C. The lowest BCUT2D eigenvalue weighted by Crippen LogP contribution is -2.50. The zero-order valence-corrected chi connectivity index (χ0v) is 20.7. The molecule has 0 heterocycles. The van der Waals surface area contributed by atoms with Crippen molar-refractivity contribution in [2.45, 2.75) is 105 Å². The third-order valence-corrected chi connectivity index (χ3v) is 10.8. The maximum absolute atomic E-state index is 10.2. The molecule has 170 valence electrons. The highest BCUT2D eigenvalue weighted by molar-refractivity contribution is 5.25. The van der Waals surface area contributed by atoms with Crippen LogP contribution in [0.15, 0.2) is 23.8 Å². The number of hydrogen-bond acceptors (Lipinski definition) is 1. The van der Waals surface area contributed by atoms with Gasteiger partial charge in [-0.25, -0.2) is 0 Å². The fourth-order valence-corrected chi connectivity index (χ4v) is 8.83. The number of hydrogen-bond donors (Lipinski definition) is 1. The molecule has 1 heteroatoms. The molecule has 0 aliphatic heterocycles. The van der Waals surface area contributed by atoms with Gasteiger partial charge in [0, 0.05) is 0 Å². The summed E-state index contributed by atoms with van der Waals surface area (Å²) in [5.74, 6) is 5.70. The van der Waals surface area contributed by atoms with Gasteiger partial charge < -0.3 is 5.11 Å². The van der Waals surface area contributed by atoms with E-state index in [1.807, 2.05) is 0 Å². The van der Waals surface area contributed by atoms with Gasteiger partial charge in [-0.1, -0.05) is 65.3 Å². The van der Waals surface area contributed by atoms with E-state index in [1.165, 1.54) is 44.9 Å². The van der Waals surface area contributed by atoms with Crippen molar-refractivity contribution in [3.05, 3.63) is 23.8 Å². The lowest BCUT2D eigenvalue weighted by molar-refractivity contribution is -0.0540. The zero-order valence-electron chi connectivity index (χ0n) is 20.7. The molecule has 0 aromatic heterocycles. The van der Waals surface area contributed by atoms with Crippen molar-refractivity contribution in [2.24, 2.45) is 52.3 Å². The first-order chi connectivity index (χ1) is 14.2. The monoisotopic (exact) mass is 412 g/mol. The highest BCUT2D eigenvalue weighted by atomic mass is 16.3. The smallest absolute Gasteiger partial charge is 0.0577 e. The Morgan fingerprint density at radius 2 is 1.80 bits per heavy atom. The lowest BCUT2D eigenvalue weighted by atomic mass is 9.47. The van der Waals surface area contributed by atoms with Crippen LogP contribution in [0.2, 0.25) is 0 Å². The van der Waals surface area contributed by atoms with Crippen molar-refractivity contribution in [3.63, 3.8) is 0 Å². The van der Waals surface area contributed by atoms with Crippen LogP contribution in [0, 0.1) is 52.3 Å². The minimum Gasteiger partial charge on any atom is -0.393 e. The van der Waals surface area contributed by atoms with E-state index in [0.29, 0.717) is 16.7 Å². The summed E-state index contributed by atoms with van der Waals surface area (Å²) < 4.78 is 0. The van der Waals surface area contributed by atoms with Gasteiger partial charge in [-0.3, -0.25) is 0 Å². The van der Waals surface area contributed by atoms with E-state index in [1.54, 1.807) is 5.57 Å². The molecule has 9 atom stereocenters. The molecule has 1 N–H and O–H groups in total. The summed E-state index contributed by atoms with van der Waals surface area (Å²) in [5, 5.41) is 10.2. The average molecular weight is 413 g/mol. The van der Waals surface area contributed by atoms with Gasteiger partial charge in [-0.05, 0) is 110 Å². The molecular formula is C29H48O. The molecule has 0 saturated heterocycles. The fourth-order valence-electron chi connectivity index (χ4n) is 8.83. The van der Waals surface area contributed by atoms with Crippen LogP contribution >= 0.6 is 0 Å². The molecule has 3 fully saturated rings. The summed E-state index contributed by atoms with van der Waals surface area (Å²) in [6, 6.07) is 0. The third-order valence-electron chi connectivity index (χ3n) is 10.8. The van der Waals surface area contributed by atoms with Crippen LogP contribution in [-0.2, 0) is 0 Å². The number of aliphatic hydroxyl groups is 1. The Labute approximate surface area is 186 Å². The maximum atomic E-state index is 10.2. The van der Waals surface area contributed by atoms with Crippen molar-refractivity contribution in [3.8, 4) is 0 Å². The molecule has 0 radical (unpaired) electrons. The Balaban J connectivity index is 1.52. The van der Waals surface area contributed by atoms with Crippen LogP contribution in [0.3, 0.4) is 0 Å². The standard InChI is InChI=1S/C29H48O/c1-7-21(19(2)3)9-8-20(4)25-12-13-26-24-11-10-22-18-23(30)14-16-28(22,5)27(24)15-17-29(25,26)6/h8-10,19-21,23-27,30H,7,11-18H2,1-6H3/b9-8+/t20-,21-,23+,24+,25-,26+,27?,28+,29-/m1/s1. The van der Waals surface area contributed by atoms with Gasteiger partial charge in [-0.2, -0.15) is 0 Å². The molecule has 30 heavy (non-hydrogen) atoms. The van der Waals surface area contributed by atoms with Crippen molar-refractivity contribution in [1.29, 1.82) is 0 Å². The van der Waals surface area contributed by atoms with Crippen LogP contribution in [0.1, 0.15) is 99.3 Å². The minimum absolute atomic E-state index is 0.0870. The fraction of sp³-hybridized carbons (Fsp3) is 0.862. The van der Waals surface area contributed by atoms with Crippen molar-refractivity contribution >= 4 is 0 Å². The van der Waals surface area contributed by atoms with Crippen LogP contribution in [0.5, 0.6) is 0 Å². The van der Waals surface area contributed by atoms with Gasteiger partial charge in [0.2, 0.25) is 0 Å². The summed E-state index contributed by atoms with van der Waals surface area (Å²) in [6.07, 6.45) is 19.1. The molecule has 3 saturated carbocycles. The Kier molecular flexibility index (Phi) is 6.35. The number of aliphatic hydroxyl groups excluding tert-OH is 1. The van der Waals surface area contributed by atoms with Crippen molar-refractivity contribution in [1.82, 2.24) is 0 Å². The van der Waals surface area contributed by atoms with Gasteiger partial charge in [-0.15, -0.1) is 0 Å². The molecule has 0 amide bonds. The predicted octanol–water partition coefficient (Wildman–Crippen LogP) is 7.80. The third kappa shape index (κ3) is 3.66. The van der Waals surface area contributed by atoms with Crippen LogP contribution in [-0.4, -0.2) is 11.2 Å². The van der Waals surface area contributed by atoms with Crippen LogP contribution in [0.25, 0.3) is 0 Å². The van der Waals surface area contributed by atoms with E-state index in [9.17, 15) is 5.11 Å². The van der Waals surface area contributed by atoms with Gasteiger partial charge in [0.15, 0.2) is 0 Å². The quantitative estimate of drug-likeness (QED) is 0.457. The molecule has 4 aliphatic carbocycles.